The molecule has 1 aromatic rings. The quantitative estimate of drug-likeness (QED) is 0.624. The standard InChI is InChI=1S/C12H21N3O3S2/c1-3-20(17,18)15-11(5-7-19-2)12(16)14-9-10-4-6-13-8-10/h4,6,8,11,13,15H,3,5,7,9H2,1-2H3,(H,14,16). The van der Waals surface area contributed by atoms with Gasteiger partial charge < -0.3 is 10.3 Å². The van der Waals surface area contributed by atoms with Gasteiger partial charge in [-0.05, 0) is 37.0 Å². The van der Waals surface area contributed by atoms with Gasteiger partial charge in [0.05, 0.1) is 5.75 Å². The maximum atomic E-state index is 12.1. The van der Waals surface area contributed by atoms with Crippen LogP contribution in [0.25, 0.3) is 0 Å². The summed E-state index contributed by atoms with van der Waals surface area (Å²) in [6.45, 7) is 1.93. The van der Waals surface area contributed by atoms with E-state index in [1.165, 1.54) is 0 Å². The van der Waals surface area contributed by atoms with Crippen LogP contribution >= 0.6 is 11.8 Å². The van der Waals surface area contributed by atoms with Gasteiger partial charge in [-0.15, -0.1) is 0 Å². The van der Waals surface area contributed by atoms with Crippen molar-refractivity contribution in [3.63, 3.8) is 0 Å². The highest BCUT2D eigenvalue weighted by Crippen LogP contribution is 2.04. The van der Waals surface area contributed by atoms with Crippen LogP contribution in [0.1, 0.15) is 18.9 Å². The summed E-state index contributed by atoms with van der Waals surface area (Å²) in [5, 5.41) is 2.75. The minimum atomic E-state index is -3.39. The molecule has 1 amide bonds. The van der Waals surface area contributed by atoms with E-state index in [2.05, 4.69) is 15.0 Å². The summed E-state index contributed by atoms with van der Waals surface area (Å²) in [5.74, 6) is 0.389. The van der Waals surface area contributed by atoms with Crippen LogP contribution in [-0.2, 0) is 21.4 Å². The molecule has 0 saturated heterocycles. The average Bonchev–Trinajstić information content (AvgIpc) is 2.94. The zero-order valence-corrected chi connectivity index (χ0v) is 13.3. The molecule has 1 atom stereocenters. The van der Waals surface area contributed by atoms with Crippen molar-refractivity contribution in [2.45, 2.75) is 25.9 Å². The summed E-state index contributed by atoms with van der Waals surface area (Å²) < 4.78 is 25.7. The molecule has 0 aliphatic heterocycles. The first-order valence-electron chi connectivity index (χ1n) is 6.37. The van der Waals surface area contributed by atoms with Gasteiger partial charge in [0.2, 0.25) is 15.9 Å². The first-order valence-corrected chi connectivity index (χ1v) is 9.41. The maximum absolute atomic E-state index is 12.1. The van der Waals surface area contributed by atoms with Crippen molar-refractivity contribution in [1.82, 2.24) is 15.0 Å². The van der Waals surface area contributed by atoms with Crippen LogP contribution in [0.3, 0.4) is 0 Å². The molecule has 0 aromatic carbocycles. The summed E-state index contributed by atoms with van der Waals surface area (Å²) in [7, 11) is -3.39. The van der Waals surface area contributed by atoms with Crippen molar-refractivity contribution in [3.05, 3.63) is 24.0 Å². The van der Waals surface area contributed by atoms with Gasteiger partial charge in [0.15, 0.2) is 0 Å². The molecule has 0 spiro atoms. The predicted octanol–water partition coefficient (Wildman–Crippen LogP) is 0.692. The molecule has 0 radical (unpaired) electrons. The summed E-state index contributed by atoms with van der Waals surface area (Å²) in [6.07, 6.45) is 5.95. The van der Waals surface area contributed by atoms with Gasteiger partial charge in [-0.3, -0.25) is 4.79 Å². The highest BCUT2D eigenvalue weighted by atomic mass is 32.2. The SMILES string of the molecule is CCS(=O)(=O)NC(CCSC)C(=O)NCc1cc[nH]c1. The first kappa shape index (κ1) is 17.1. The van der Waals surface area contributed by atoms with E-state index in [0.717, 1.165) is 5.56 Å². The smallest absolute Gasteiger partial charge is 0.238 e. The van der Waals surface area contributed by atoms with E-state index in [0.29, 0.717) is 18.7 Å². The van der Waals surface area contributed by atoms with E-state index < -0.39 is 16.1 Å². The second kappa shape index (κ2) is 8.33. The molecule has 0 saturated carbocycles. The predicted molar refractivity (Wildman–Crippen MR) is 82.0 cm³/mol. The van der Waals surface area contributed by atoms with E-state index >= 15 is 0 Å². The lowest BCUT2D eigenvalue weighted by Crippen LogP contribution is -2.47. The molecule has 114 valence electrons. The average molecular weight is 319 g/mol. The number of carbonyl (C=O) groups excluding carboxylic acids is 1. The molecule has 1 unspecified atom stereocenters. The molecule has 1 aromatic heterocycles. The number of amides is 1. The van der Waals surface area contributed by atoms with Crippen LogP contribution < -0.4 is 10.0 Å². The normalized spacial score (nSPS) is 13.1. The Balaban J connectivity index is 2.59. The zero-order valence-electron chi connectivity index (χ0n) is 11.7. The molecule has 0 aliphatic rings. The van der Waals surface area contributed by atoms with Crippen molar-refractivity contribution in [2.24, 2.45) is 0 Å². The van der Waals surface area contributed by atoms with Crippen molar-refractivity contribution < 1.29 is 13.2 Å². The number of nitrogens with one attached hydrogen (secondary N) is 3. The van der Waals surface area contributed by atoms with Crippen molar-refractivity contribution >= 4 is 27.7 Å². The van der Waals surface area contributed by atoms with Crippen molar-refractivity contribution in [2.75, 3.05) is 17.8 Å². The third-order valence-corrected chi connectivity index (χ3v) is 4.81. The van der Waals surface area contributed by atoms with E-state index in [4.69, 9.17) is 0 Å². The lowest BCUT2D eigenvalue weighted by Gasteiger charge is -2.17. The monoisotopic (exact) mass is 319 g/mol. The summed E-state index contributed by atoms with van der Waals surface area (Å²) in [5.41, 5.74) is 0.945. The first-order chi connectivity index (χ1) is 9.48. The molecule has 1 heterocycles. The number of H-pyrrole nitrogens is 1. The van der Waals surface area contributed by atoms with Gasteiger partial charge in [-0.1, -0.05) is 0 Å². The van der Waals surface area contributed by atoms with E-state index in [1.807, 2.05) is 12.3 Å². The fraction of sp³-hybridized carbons (Fsp3) is 0.583. The Morgan fingerprint density at radius 2 is 2.25 bits per heavy atom. The number of hydrogen-bond donors (Lipinski definition) is 3. The van der Waals surface area contributed by atoms with Crippen molar-refractivity contribution in [1.29, 1.82) is 0 Å². The Morgan fingerprint density at radius 3 is 2.80 bits per heavy atom. The number of carbonyl (C=O) groups is 1. The fourth-order valence-corrected chi connectivity index (χ4v) is 2.86. The maximum Gasteiger partial charge on any atom is 0.238 e. The summed E-state index contributed by atoms with van der Waals surface area (Å²) in [4.78, 5) is 15.0. The molecule has 6 nitrogen and oxygen atoms in total. The minimum Gasteiger partial charge on any atom is -0.367 e. The Kier molecular flexibility index (Phi) is 7.11. The van der Waals surface area contributed by atoms with Crippen LogP contribution in [0.5, 0.6) is 0 Å². The van der Waals surface area contributed by atoms with Gasteiger partial charge in [0, 0.05) is 18.9 Å². The highest BCUT2D eigenvalue weighted by molar-refractivity contribution is 7.98. The molecule has 0 aliphatic carbocycles. The van der Waals surface area contributed by atoms with Gasteiger partial charge >= 0.3 is 0 Å². The largest absolute Gasteiger partial charge is 0.367 e. The number of aromatic amines is 1. The minimum absolute atomic E-state index is 0.0339. The van der Waals surface area contributed by atoms with Crippen LogP contribution in [0.4, 0.5) is 0 Å². The van der Waals surface area contributed by atoms with Gasteiger partial charge in [-0.25, -0.2) is 13.1 Å². The zero-order chi connectivity index (χ0) is 15.0. The number of sulfonamides is 1. The molecule has 20 heavy (non-hydrogen) atoms. The highest BCUT2D eigenvalue weighted by Gasteiger charge is 2.22. The van der Waals surface area contributed by atoms with Crippen LogP contribution in [0.2, 0.25) is 0 Å². The third kappa shape index (κ3) is 5.98. The Morgan fingerprint density at radius 1 is 1.50 bits per heavy atom. The second-order valence-corrected chi connectivity index (χ2v) is 7.32. The molecule has 0 fully saturated rings. The molecule has 1 rings (SSSR count). The van der Waals surface area contributed by atoms with Gasteiger partial charge in [0.1, 0.15) is 6.04 Å². The lowest BCUT2D eigenvalue weighted by molar-refractivity contribution is -0.122. The Hall–Kier alpha value is -0.990. The Bertz CT molecular complexity index is 500. The van der Waals surface area contributed by atoms with Crippen LogP contribution in [0, 0.1) is 0 Å². The summed E-state index contributed by atoms with van der Waals surface area (Å²) in [6, 6.07) is 1.14. The summed E-state index contributed by atoms with van der Waals surface area (Å²) >= 11 is 1.58. The number of hydrogen-bond acceptors (Lipinski definition) is 4. The number of thioether (sulfide) groups is 1. The van der Waals surface area contributed by atoms with E-state index in [1.54, 1.807) is 31.1 Å². The van der Waals surface area contributed by atoms with Crippen LogP contribution in [0.15, 0.2) is 18.5 Å². The Labute approximate surface area is 124 Å². The van der Waals surface area contributed by atoms with E-state index in [-0.39, 0.29) is 11.7 Å². The lowest BCUT2D eigenvalue weighted by atomic mass is 10.2. The number of aromatic nitrogens is 1. The fourth-order valence-electron chi connectivity index (χ4n) is 1.56. The van der Waals surface area contributed by atoms with Crippen LogP contribution in [-0.4, -0.2) is 43.1 Å². The van der Waals surface area contributed by atoms with E-state index in [9.17, 15) is 13.2 Å². The molecular formula is C12H21N3O3S2. The van der Waals surface area contributed by atoms with Gasteiger partial charge in [-0.2, -0.15) is 11.8 Å². The second-order valence-electron chi connectivity index (χ2n) is 4.29. The molecule has 0 bridgehead atoms. The third-order valence-electron chi connectivity index (χ3n) is 2.76. The number of rotatable bonds is 9. The molecule has 8 heteroatoms. The molecular weight excluding hydrogens is 298 g/mol. The van der Waals surface area contributed by atoms with Crippen molar-refractivity contribution in [3.8, 4) is 0 Å². The topological polar surface area (TPSA) is 91.1 Å². The molecule has 3 N–H and O–H groups in total. The van der Waals surface area contributed by atoms with Gasteiger partial charge in [0.25, 0.3) is 0 Å².